The van der Waals surface area contributed by atoms with Crippen molar-refractivity contribution in [2.24, 2.45) is 0 Å². The molecule has 2 aromatic heterocycles. The summed E-state index contributed by atoms with van der Waals surface area (Å²) in [6.45, 7) is 4.33. The second-order valence-electron chi connectivity index (χ2n) is 7.65. The van der Waals surface area contributed by atoms with Crippen LogP contribution in [0.3, 0.4) is 0 Å². The molecule has 1 saturated heterocycles. The third-order valence-electron chi connectivity index (χ3n) is 5.08. The van der Waals surface area contributed by atoms with Gasteiger partial charge in [0.25, 0.3) is 0 Å². The van der Waals surface area contributed by atoms with E-state index >= 15 is 0 Å². The minimum absolute atomic E-state index is 0.0319. The fraction of sp³-hybridized carbons (Fsp3) is 0.421. The minimum atomic E-state index is -3.90. The number of sulfonamides is 1. The molecule has 0 bridgehead atoms. The minimum Gasteiger partial charge on any atom is -0.378 e. The average Bonchev–Trinajstić information content (AvgIpc) is 3.08. The first-order valence-corrected chi connectivity index (χ1v) is 13.7. The molecule has 178 valence electrons. The third-order valence-corrected chi connectivity index (χ3v) is 6.55. The van der Waals surface area contributed by atoms with Crippen molar-refractivity contribution < 1.29 is 25.8 Å². The predicted molar refractivity (Wildman–Crippen MR) is 120 cm³/mol. The molecule has 0 amide bonds. The quantitative estimate of drug-likeness (QED) is 0.521. The number of allylic oxidation sites excluding steroid dienone is 2. The zero-order valence-electron chi connectivity index (χ0n) is 18.3. The Balaban J connectivity index is 1.72. The van der Waals surface area contributed by atoms with Crippen molar-refractivity contribution in [3.63, 3.8) is 0 Å². The van der Waals surface area contributed by atoms with Gasteiger partial charge >= 0.3 is 10.1 Å². The van der Waals surface area contributed by atoms with Crippen molar-refractivity contribution in [3.05, 3.63) is 47.9 Å². The standard InChI is InChI=1S/C19H24N6O6S2/c1-14-18(15-6-8-24(9-7-15)32(2,26)27)19(31-33(3,28)29)25(22-14)17-5-4-16(20-21-17)23-10-12-30-13-11-23/h4-9,15H,10-13H2,1-3H3. The molecule has 0 aliphatic carbocycles. The number of ether oxygens (including phenoxy) is 1. The SMILES string of the molecule is Cc1nn(-c2ccc(N3CCOCC3)nn2)c(OS(C)(=O)=O)c1C1C=CN(S(C)(=O)=O)C=C1. The van der Waals surface area contributed by atoms with Crippen molar-refractivity contribution in [1.29, 1.82) is 0 Å². The Bertz CT molecular complexity index is 1280. The molecule has 4 heterocycles. The zero-order valence-corrected chi connectivity index (χ0v) is 20.0. The number of nitrogens with zero attached hydrogens (tertiary/aromatic N) is 6. The van der Waals surface area contributed by atoms with E-state index in [-0.39, 0.29) is 11.7 Å². The average molecular weight is 497 g/mol. The van der Waals surface area contributed by atoms with Gasteiger partial charge < -0.3 is 13.8 Å². The van der Waals surface area contributed by atoms with Gasteiger partial charge in [0.15, 0.2) is 11.6 Å². The number of aryl methyl sites for hydroxylation is 1. The zero-order chi connectivity index (χ0) is 23.8. The smallest absolute Gasteiger partial charge is 0.307 e. The summed E-state index contributed by atoms with van der Waals surface area (Å²) in [4.78, 5) is 2.04. The summed E-state index contributed by atoms with van der Waals surface area (Å²) >= 11 is 0. The van der Waals surface area contributed by atoms with Gasteiger partial charge in [-0.1, -0.05) is 12.2 Å². The van der Waals surface area contributed by atoms with Gasteiger partial charge in [0.05, 0.1) is 31.4 Å². The molecule has 1 fully saturated rings. The number of hydrogen-bond acceptors (Lipinski definition) is 10. The fourth-order valence-electron chi connectivity index (χ4n) is 3.56. The first-order valence-electron chi connectivity index (χ1n) is 10.0. The Morgan fingerprint density at radius 2 is 1.61 bits per heavy atom. The second-order valence-corrected chi connectivity index (χ2v) is 11.1. The Hall–Kier alpha value is -2.97. The van der Waals surface area contributed by atoms with Crippen LogP contribution >= 0.6 is 0 Å². The topological polar surface area (TPSA) is 137 Å². The molecule has 33 heavy (non-hydrogen) atoms. The highest BCUT2D eigenvalue weighted by Crippen LogP contribution is 2.36. The van der Waals surface area contributed by atoms with Crippen molar-refractivity contribution in [1.82, 2.24) is 24.3 Å². The van der Waals surface area contributed by atoms with Gasteiger partial charge in [-0.3, -0.25) is 4.31 Å². The summed E-state index contributed by atoms with van der Waals surface area (Å²) in [5, 5.41) is 12.9. The van der Waals surface area contributed by atoms with Crippen LogP contribution in [0.25, 0.3) is 5.82 Å². The molecule has 0 N–H and O–H groups in total. The summed E-state index contributed by atoms with van der Waals surface area (Å²) < 4.78 is 60.6. The van der Waals surface area contributed by atoms with Crippen LogP contribution in [0.4, 0.5) is 5.82 Å². The van der Waals surface area contributed by atoms with Gasteiger partial charge in [0.2, 0.25) is 15.9 Å². The van der Waals surface area contributed by atoms with E-state index in [1.54, 1.807) is 31.2 Å². The summed E-state index contributed by atoms with van der Waals surface area (Å²) in [6, 6.07) is 3.46. The molecular weight excluding hydrogens is 472 g/mol. The molecule has 0 radical (unpaired) electrons. The van der Waals surface area contributed by atoms with Gasteiger partial charge in [-0.25, -0.2) is 8.42 Å². The lowest BCUT2D eigenvalue weighted by molar-refractivity contribution is 0.122. The van der Waals surface area contributed by atoms with Crippen LogP contribution < -0.4 is 9.08 Å². The lowest BCUT2D eigenvalue weighted by atomic mass is 9.98. The normalized spacial score (nSPS) is 17.5. The van der Waals surface area contributed by atoms with Crippen LogP contribution in [0.5, 0.6) is 5.88 Å². The van der Waals surface area contributed by atoms with E-state index in [1.807, 2.05) is 4.90 Å². The summed E-state index contributed by atoms with van der Waals surface area (Å²) in [5.74, 6) is 0.460. The van der Waals surface area contributed by atoms with Crippen molar-refractivity contribution in [2.75, 3.05) is 43.7 Å². The molecule has 4 rings (SSSR count). The van der Waals surface area contributed by atoms with E-state index in [0.29, 0.717) is 43.4 Å². The van der Waals surface area contributed by atoms with Crippen LogP contribution in [0, 0.1) is 6.92 Å². The maximum atomic E-state index is 12.0. The molecular formula is C19H24N6O6S2. The van der Waals surface area contributed by atoms with Crippen molar-refractivity contribution >= 4 is 26.0 Å². The molecule has 12 nitrogen and oxygen atoms in total. The van der Waals surface area contributed by atoms with E-state index in [2.05, 4.69) is 15.3 Å². The Morgan fingerprint density at radius 1 is 1.00 bits per heavy atom. The van der Waals surface area contributed by atoms with Crippen molar-refractivity contribution in [3.8, 4) is 11.7 Å². The number of aromatic nitrogens is 4. The molecule has 2 aromatic rings. The molecule has 14 heteroatoms. The van der Waals surface area contributed by atoms with E-state index in [9.17, 15) is 16.8 Å². The number of rotatable bonds is 6. The van der Waals surface area contributed by atoms with E-state index < -0.39 is 26.1 Å². The van der Waals surface area contributed by atoms with Crippen LogP contribution in [-0.4, -0.2) is 79.9 Å². The fourth-order valence-corrected chi connectivity index (χ4v) is 4.59. The van der Waals surface area contributed by atoms with Gasteiger partial charge in [-0.15, -0.1) is 10.2 Å². The van der Waals surface area contributed by atoms with E-state index in [0.717, 1.165) is 16.8 Å². The van der Waals surface area contributed by atoms with Crippen LogP contribution in [-0.2, 0) is 24.9 Å². The van der Waals surface area contributed by atoms with Crippen LogP contribution in [0.1, 0.15) is 17.2 Å². The first-order chi connectivity index (χ1) is 15.5. The van der Waals surface area contributed by atoms with Crippen molar-refractivity contribution in [2.45, 2.75) is 12.8 Å². The molecule has 0 spiro atoms. The summed E-state index contributed by atoms with van der Waals surface area (Å²) in [5.41, 5.74) is 0.972. The number of anilines is 1. The molecule has 0 unspecified atom stereocenters. The van der Waals surface area contributed by atoms with Gasteiger partial charge in [-0.05, 0) is 19.1 Å². The largest absolute Gasteiger partial charge is 0.378 e. The summed E-state index contributed by atoms with van der Waals surface area (Å²) in [7, 11) is -7.35. The monoisotopic (exact) mass is 496 g/mol. The molecule has 0 saturated carbocycles. The van der Waals surface area contributed by atoms with E-state index in [4.69, 9.17) is 8.92 Å². The number of hydrogen-bond donors (Lipinski definition) is 0. The maximum absolute atomic E-state index is 12.0. The summed E-state index contributed by atoms with van der Waals surface area (Å²) in [6.07, 6.45) is 8.07. The van der Waals surface area contributed by atoms with Gasteiger partial charge in [0, 0.05) is 37.0 Å². The Kier molecular flexibility index (Phi) is 6.16. The highest BCUT2D eigenvalue weighted by Gasteiger charge is 2.28. The van der Waals surface area contributed by atoms with E-state index in [1.165, 1.54) is 17.1 Å². The molecule has 2 aliphatic rings. The lowest BCUT2D eigenvalue weighted by Gasteiger charge is -2.27. The predicted octanol–water partition coefficient (Wildman–Crippen LogP) is 0.532. The highest BCUT2D eigenvalue weighted by molar-refractivity contribution is 7.88. The maximum Gasteiger partial charge on any atom is 0.307 e. The van der Waals surface area contributed by atoms with Crippen LogP contribution in [0.15, 0.2) is 36.7 Å². The lowest BCUT2D eigenvalue weighted by Crippen LogP contribution is -2.36. The molecule has 0 atom stereocenters. The molecule has 2 aliphatic heterocycles. The third kappa shape index (κ3) is 5.17. The van der Waals surface area contributed by atoms with Crippen LogP contribution in [0.2, 0.25) is 0 Å². The Morgan fingerprint density at radius 3 is 2.15 bits per heavy atom. The Labute approximate surface area is 192 Å². The number of morpholine rings is 1. The first kappa shape index (κ1) is 23.2. The molecule has 0 aromatic carbocycles. The van der Waals surface area contributed by atoms with Gasteiger partial charge in [0.1, 0.15) is 0 Å². The van der Waals surface area contributed by atoms with Gasteiger partial charge in [-0.2, -0.15) is 18.2 Å². The highest BCUT2D eigenvalue weighted by atomic mass is 32.2. The second kappa shape index (κ2) is 8.76.